The highest BCUT2D eigenvalue weighted by molar-refractivity contribution is 5.98. The molecule has 2 saturated heterocycles. The minimum absolute atomic E-state index is 0.0000497. The van der Waals surface area contributed by atoms with Crippen LogP contribution in [0.1, 0.15) is 48.7 Å². The van der Waals surface area contributed by atoms with Crippen LogP contribution < -0.4 is 9.47 Å². The van der Waals surface area contributed by atoms with Gasteiger partial charge < -0.3 is 24.3 Å². The van der Waals surface area contributed by atoms with Crippen molar-refractivity contribution in [3.63, 3.8) is 0 Å². The summed E-state index contributed by atoms with van der Waals surface area (Å²) in [5.74, 6) is 1.38. The zero-order chi connectivity index (χ0) is 28.6. The van der Waals surface area contributed by atoms with Gasteiger partial charge in [-0.05, 0) is 55.2 Å². The largest absolute Gasteiger partial charge is 0.454 e. The molecule has 8 rings (SSSR count). The summed E-state index contributed by atoms with van der Waals surface area (Å²) in [7, 11) is 0. The van der Waals surface area contributed by atoms with Gasteiger partial charge in [0.2, 0.25) is 18.6 Å². The number of H-pyrrole nitrogens is 1. The molecule has 8 heteroatoms. The predicted molar refractivity (Wildman–Crippen MR) is 158 cm³/mol. The molecule has 0 unspecified atom stereocenters. The summed E-state index contributed by atoms with van der Waals surface area (Å²) in [4.78, 5) is 38.3. The molecule has 3 aromatic carbocycles. The standard InChI is InChI=1S/C34H34N4O4/c1-34(2,22-8-4-3-5-9-22)36-15-14-23(18-36)37-19-30(39)38-27(33(37)40)17-25-24-10-6-7-11-26(24)35-31(25)32(38)21-12-13-28-29(16-21)42-20-41-28/h3-13,16,23,27,32,35H,14-15,17-20H2,1-2H3/t23-,27-,32-/m1/s1. The molecule has 0 saturated carbocycles. The first kappa shape index (κ1) is 25.4. The summed E-state index contributed by atoms with van der Waals surface area (Å²) in [6, 6.07) is 23.6. The van der Waals surface area contributed by atoms with Gasteiger partial charge in [0.15, 0.2) is 11.5 Å². The topological polar surface area (TPSA) is 78.1 Å². The van der Waals surface area contributed by atoms with Gasteiger partial charge in [0.25, 0.3) is 0 Å². The zero-order valence-electron chi connectivity index (χ0n) is 23.9. The monoisotopic (exact) mass is 562 g/mol. The Labute approximate surface area is 244 Å². The molecule has 3 atom stereocenters. The SMILES string of the molecule is CC(C)(c1ccccc1)N1CC[C@@H](N2CC(=O)N3[C@H](c4ccc5c(c4)OCO5)c4[nH]c5ccccc5c4C[C@@H]3C2=O)C1. The Bertz CT molecular complexity index is 1710. The molecule has 4 aliphatic heterocycles. The molecule has 8 nitrogen and oxygen atoms in total. The number of carbonyl (C=O) groups excluding carboxylic acids is 2. The van der Waals surface area contributed by atoms with Gasteiger partial charge in [-0.15, -0.1) is 0 Å². The van der Waals surface area contributed by atoms with Crippen LogP contribution in [-0.2, 0) is 21.5 Å². The molecule has 1 N–H and O–H groups in total. The number of para-hydroxylation sites is 1. The van der Waals surface area contributed by atoms with E-state index in [1.165, 1.54) is 5.56 Å². The van der Waals surface area contributed by atoms with Crippen molar-refractivity contribution >= 4 is 22.7 Å². The van der Waals surface area contributed by atoms with E-state index in [-0.39, 0.29) is 36.7 Å². The number of hydrogen-bond donors (Lipinski definition) is 1. The second kappa shape index (κ2) is 9.36. The highest BCUT2D eigenvalue weighted by atomic mass is 16.7. The van der Waals surface area contributed by atoms with Crippen LogP contribution in [-0.4, -0.2) is 70.0 Å². The quantitative estimate of drug-likeness (QED) is 0.394. The molecule has 0 bridgehead atoms. The van der Waals surface area contributed by atoms with Crippen LogP contribution in [0.5, 0.6) is 11.5 Å². The molecule has 2 fully saturated rings. The van der Waals surface area contributed by atoms with Crippen LogP contribution >= 0.6 is 0 Å². The normalized spacial score (nSPS) is 23.9. The van der Waals surface area contributed by atoms with Gasteiger partial charge in [-0.1, -0.05) is 54.6 Å². The lowest BCUT2D eigenvalue weighted by molar-refractivity contribution is -0.160. The van der Waals surface area contributed by atoms with E-state index in [0.717, 1.165) is 47.2 Å². The fourth-order valence-corrected chi connectivity index (χ4v) is 7.56. The smallest absolute Gasteiger partial charge is 0.246 e. The van der Waals surface area contributed by atoms with Crippen LogP contribution in [0.3, 0.4) is 0 Å². The lowest BCUT2D eigenvalue weighted by Crippen LogP contribution is -2.65. The lowest BCUT2D eigenvalue weighted by atomic mass is 9.85. The predicted octanol–water partition coefficient (Wildman–Crippen LogP) is 4.59. The summed E-state index contributed by atoms with van der Waals surface area (Å²) < 4.78 is 11.3. The number of fused-ring (bicyclic) bond motifs is 5. The summed E-state index contributed by atoms with van der Waals surface area (Å²) in [6.07, 6.45) is 1.35. The van der Waals surface area contributed by atoms with E-state index < -0.39 is 12.1 Å². The number of hydrogen-bond acceptors (Lipinski definition) is 5. The number of carbonyl (C=O) groups is 2. The maximum Gasteiger partial charge on any atom is 0.246 e. The Morgan fingerprint density at radius 3 is 2.57 bits per heavy atom. The van der Waals surface area contributed by atoms with Crippen molar-refractivity contribution in [2.75, 3.05) is 26.4 Å². The van der Waals surface area contributed by atoms with Gasteiger partial charge in [0.05, 0.1) is 6.04 Å². The molecule has 4 aromatic rings. The molecular formula is C34H34N4O4. The minimum Gasteiger partial charge on any atom is -0.454 e. The number of aromatic amines is 1. The van der Waals surface area contributed by atoms with Crippen LogP contribution in [0.2, 0.25) is 0 Å². The van der Waals surface area contributed by atoms with Gasteiger partial charge in [-0.25, -0.2) is 0 Å². The Morgan fingerprint density at radius 1 is 0.929 bits per heavy atom. The first-order chi connectivity index (χ1) is 20.4. The van der Waals surface area contributed by atoms with Crippen molar-refractivity contribution < 1.29 is 19.1 Å². The van der Waals surface area contributed by atoms with E-state index in [2.05, 4.69) is 60.1 Å². The third kappa shape index (κ3) is 3.78. The van der Waals surface area contributed by atoms with Crippen LogP contribution in [0.25, 0.3) is 10.9 Å². The third-order valence-corrected chi connectivity index (χ3v) is 9.88. The average Bonchev–Trinajstić information content (AvgIpc) is 3.77. The zero-order valence-corrected chi connectivity index (χ0v) is 23.9. The Morgan fingerprint density at radius 2 is 1.71 bits per heavy atom. The van der Waals surface area contributed by atoms with Crippen molar-refractivity contribution in [3.05, 3.63) is 95.2 Å². The number of nitrogens with one attached hydrogen (secondary N) is 1. The van der Waals surface area contributed by atoms with E-state index >= 15 is 0 Å². The number of benzene rings is 3. The van der Waals surface area contributed by atoms with E-state index in [4.69, 9.17) is 9.47 Å². The van der Waals surface area contributed by atoms with E-state index in [1.54, 1.807) is 0 Å². The van der Waals surface area contributed by atoms with Crippen molar-refractivity contribution in [2.24, 2.45) is 0 Å². The first-order valence-corrected chi connectivity index (χ1v) is 14.8. The van der Waals surface area contributed by atoms with E-state index in [9.17, 15) is 9.59 Å². The molecule has 0 radical (unpaired) electrons. The van der Waals surface area contributed by atoms with Crippen LogP contribution in [0, 0.1) is 0 Å². The molecule has 0 aliphatic carbocycles. The fourth-order valence-electron chi connectivity index (χ4n) is 7.56. The van der Waals surface area contributed by atoms with E-state index in [1.807, 2.05) is 46.2 Å². The second-order valence-electron chi connectivity index (χ2n) is 12.4. The highest BCUT2D eigenvalue weighted by Gasteiger charge is 2.51. The van der Waals surface area contributed by atoms with Crippen molar-refractivity contribution in [1.82, 2.24) is 19.7 Å². The van der Waals surface area contributed by atoms with Crippen molar-refractivity contribution in [1.29, 1.82) is 0 Å². The maximum atomic E-state index is 14.4. The minimum atomic E-state index is -0.565. The molecule has 2 amide bonds. The number of amides is 2. The first-order valence-electron chi connectivity index (χ1n) is 14.8. The number of piperazine rings is 1. The molecule has 1 aromatic heterocycles. The van der Waals surface area contributed by atoms with Gasteiger partial charge in [0, 0.05) is 47.7 Å². The summed E-state index contributed by atoms with van der Waals surface area (Å²) in [6.45, 7) is 6.38. The van der Waals surface area contributed by atoms with Gasteiger partial charge >= 0.3 is 0 Å². The Balaban J connectivity index is 1.15. The highest BCUT2D eigenvalue weighted by Crippen LogP contribution is 2.45. The molecule has 5 heterocycles. The molecule has 4 aliphatic rings. The van der Waals surface area contributed by atoms with Crippen molar-refractivity contribution in [3.8, 4) is 11.5 Å². The van der Waals surface area contributed by atoms with Gasteiger partial charge in [0.1, 0.15) is 12.6 Å². The number of likely N-dealkylation sites (tertiary alicyclic amines) is 1. The number of ether oxygens (including phenoxy) is 2. The van der Waals surface area contributed by atoms with Crippen molar-refractivity contribution in [2.45, 2.75) is 50.4 Å². The molecule has 214 valence electrons. The summed E-state index contributed by atoms with van der Waals surface area (Å²) in [5, 5.41) is 1.10. The molecule has 0 spiro atoms. The Hall–Kier alpha value is -4.30. The summed E-state index contributed by atoms with van der Waals surface area (Å²) in [5.41, 5.74) is 5.08. The fraction of sp³-hybridized carbons (Fsp3) is 0.353. The third-order valence-electron chi connectivity index (χ3n) is 9.88. The number of rotatable bonds is 4. The molecule has 42 heavy (non-hydrogen) atoms. The molecular weight excluding hydrogens is 528 g/mol. The van der Waals surface area contributed by atoms with Gasteiger partial charge in [-0.3, -0.25) is 14.5 Å². The maximum absolute atomic E-state index is 14.4. The summed E-state index contributed by atoms with van der Waals surface area (Å²) >= 11 is 0. The van der Waals surface area contributed by atoms with E-state index in [0.29, 0.717) is 17.9 Å². The van der Waals surface area contributed by atoms with Crippen LogP contribution in [0.15, 0.2) is 72.8 Å². The number of nitrogens with zero attached hydrogens (tertiary/aromatic N) is 3. The number of aromatic nitrogens is 1. The van der Waals surface area contributed by atoms with Gasteiger partial charge in [-0.2, -0.15) is 0 Å². The van der Waals surface area contributed by atoms with Crippen LogP contribution in [0.4, 0.5) is 0 Å². The average molecular weight is 563 g/mol. The Kier molecular flexibility index (Phi) is 5.66. The lowest BCUT2D eigenvalue weighted by Gasteiger charge is -2.48. The second-order valence-corrected chi connectivity index (χ2v) is 12.4.